The average Bonchev–Trinajstić information content (AvgIpc) is 2.41. The van der Waals surface area contributed by atoms with Crippen molar-refractivity contribution in [2.75, 3.05) is 6.54 Å². The molecule has 0 amide bonds. The first kappa shape index (κ1) is 14.7. The summed E-state index contributed by atoms with van der Waals surface area (Å²) in [4.78, 5) is 16.2. The van der Waals surface area contributed by atoms with Crippen LogP contribution in [0.2, 0.25) is 0 Å². The minimum absolute atomic E-state index is 0.00555. The van der Waals surface area contributed by atoms with Crippen LogP contribution in [-0.4, -0.2) is 22.1 Å². The highest BCUT2D eigenvalue weighted by molar-refractivity contribution is 9.10. The molecule has 19 heavy (non-hydrogen) atoms. The fraction of sp³-hybridized carbons (Fsp3) is 0.714. The molecule has 1 fully saturated rings. The fourth-order valence-electron chi connectivity index (χ4n) is 2.70. The summed E-state index contributed by atoms with van der Waals surface area (Å²) in [6, 6.07) is 0.603. The quantitative estimate of drug-likeness (QED) is 0.924. The number of hydrogen-bond acceptors (Lipinski definition) is 3. The summed E-state index contributed by atoms with van der Waals surface area (Å²) >= 11 is 3.29. The third-order valence-corrected chi connectivity index (χ3v) is 4.94. The first-order valence-electron chi connectivity index (χ1n) is 7.04. The third kappa shape index (κ3) is 3.66. The highest BCUT2D eigenvalue weighted by atomic mass is 79.9. The van der Waals surface area contributed by atoms with E-state index >= 15 is 0 Å². The van der Waals surface area contributed by atoms with Crippen LogP contribution in [-0.2, 0) is 6.54 Å². The van der Waals surface area contributed by atoms with E-state index in [0.717, 1.165) is 18.2 Å². The van der Waals surface area contributed by atoms with Gasteiger partial charge < -0.3 is 5.32 Å². The van der Waals surface area contributed by atoms with Crippen LogP contribution in [0.4, 0.5) is 0 Å². The molecule has 0 spiro atoms. The molecule has 106 valence electrons. The lowest BCUT2D eigenvalue weighted by atomic mass is 9.86. The number of hydrogen-bond donors (Lipinski definition) is 1. The van der Waals surface area contributed by atoms with Crippen LogP contribution in [0.25, 0.3) is 0 Å². The number of aromatic nitrogens is 2. The second-order valence-electron chi connectivity index (χ2n) is 5.46. The Morgan fingerprint density at radius 1 is 1.47 bits per heavy atom. The number of nitrogens with one attached hydrogen (secondary N) is 1. The molecule has 4 nitrogen and oxygen atoms in total. The maximum Gasteiger partial charge on any atom is 0.267 e. The Labute approximate surface area is 122 Å². The van der Waals surface area contributed by atoms with Gasteiger partial charge in [-0.3, -0.25) is 9.36 Å². The highest BCUT2D eigenvalue weighted by Crippen LogP contribution is 2.23. The van der Waals surface area contributed by atoms with Crippen molar-refractivity contribution < 1.29 is 0 Å². The molecule has 1 N–H and O–H groups in total. The van der Waals surface area contributed by atoms with Crippen molar-refractivity contribution in [2.24, 2.45) is 5.92 Å². The number of aryl methyl sites for hydroxylation is 1. The molecule has 2 atom stereocenters. The largest absolute Gasteiger partial charge is 0.312 e. The monoisotopic (exact) mass is 327 g/mol. The van der Waals surface area contributed by atoms with Gasteiger partial charge in [0.2, 0.25) is 0 Å². The summed E-state index contributed by atoms with van der Waals surface area (Å²) in [6.07, 6.45) is 6.88. The molecule has 1 aliphatic rings. The molecule has 0 radical (unpaired) electrons. The Kier molecular flexibility index (Phi) is 5.16. The van der Waals surface area contributed by atoms with Gasteiger partial charge in [0.1, 0.15) is 4.47 Å². The number of rotatable bonds is 4. The van der Waals surface area contributed by atoms with E-state index in [-0.39, 0.29) is 5.56 Å². The Balaban J connectivity index is 1.89. The zero-order valence-electron chi connectivity index (χ0n) is 11.7. The molecule has 2 unspecified atom stereocenters. The highest BCUT2D eigenvalue weighted by Gasteiger charge is 2.20. The normalized spacial score (nSPS) is 23.5. The molecule has 1 saturated carbocycles. The van der Waals surface area contributed by atoms with Gasteiger partial charge >= 0.3 is 0 Å². The van der Waals surface area contributed by atoms with E-state index in [9.17, 15) is 4.79 Å². The standard InChI is InChI=1S/C14H22BrN3O/c1-10-5-3-4-6-12(10)16-7-8-18-9-17-11(2)13(15)14(18)19/h9-10,12,16H,3-8H2,1-2H3. The van der Waals surface area contributed by atoms with Gasteiger partial charge in [-0.15, -0.1) is 0 Å². The molecule has 0 aliphatic heterocycles. The van der Waals surface area contributed by atoms with Gasteiger partial charge in [-0.05, 0) is 41.6 Å². The molecule has 2 rings (SSSR count). The Hall–Kier alpha value is -0.680. The summed E-state index contributed by atoms with van der Waals surface area (Å²) in [7, 11) is 0. The van der Waals surface area contributed by atoms with Gasteiger partial charge in [-0.25, -0.2) is 4.98 Å². The maximum atomic E-state index is 12.0. The zero-order valence-corrected chi connectivity index (χ0v) is 13.2. The van der Waals surface area contributed by atoms with E-state index in [1.54, 1.807) is 10.9 Å². The van der Waals surface area contributed by atoms with E-state index < -0.39 is 0 Å². The minimum Gasteiger partial charge on any atom is -0.312 e. The summed E-state index contributed by atoms with van der Waals surface area (Å²) in [6.45, 7) is 5.64. The molecule has 0 bridgehead atoms. The van der Waals surface area contributed by atoms with Gasteiger partial charge in [0, 0.05) is 19.1 Å². The van der Waals surface area contributed by atoms with Crippen LogP contribution in [0.3, 0.4) is 0 Å². The molecule has 1 heterocycles. The van der Waals surface area contributed by atoms with E-state index in [1.165, 1.54) is 25.7 Å². The summed E-state index contributed by atoms with van der Waals surface area (Å²) in [5.74, 6) is 0.744. The van der Waals surface area contributed by atoms with Crippen molar-refractivity contribution in [1.29, 1.82) is 0 Å². The van der Waals surface area contributed by atoms with Crippen LogP contribution in [0, 0.1) is 12.8 Å². The lowest BCUT2D eigenvalue weighted by Crippen LogP contribution is -2.39. The maximum absolute atomic E-state index is 12.0. The van der Waals surface area contributed by atoms with Crippen molar-refractivity contribution in [1.82, 2.24) is 14.9 Å². The summed E-state index contributed by atoms with van der Waals surface area (Å²) in [5.41, 5.74) is 0.751. The van der Waals surface area contributed by atoms with Gasteiger partial charge in [-0.2, -0.15) is 0 Å². The minimum atomic E-state index is 0.00555. The molecular weight excluding hydrogens is 306 g/mol. The second-order valence-corrected chi connectivity index (χ2v) is 6.26. The SMILES string of the molecule is Cc1ncn(CCNC2CCCCC2C)c(=O)c1Br. The van der Waals surface area contributed by atoms with Crippen molar-refractivity contribution in [3.05, 3.63) is 26.8 Å². The Morgan fingerprint density at radius 3 is 2.95 bits per heavy atom. The van der Waals surface area contributed by atoms with Crippen LogP contribution in [0.1, 0.15) is 38.3 Å². The number of halogens is 1. The van der Waals surface area contributed by atoms with E-state index in [0.29, 0.717) is 17.1 Å². The zero-order chi connectivity index (χ0) is 13.8. The van der Waals surface area contributed by atoms with Gasteiger partial charge in [0.25, 0.3) is 5.56 Å². The number of nitrogens with zero attached hydrogens (tertiary/aromatic N) is 2. The van der Waals surface area contributed by atoms with Crippen LogP contribution < -0.4 is 10.9 Å². The lowest BCUT2D eigenvalue weighted by molar-refractivity contribution is 0.278. The smallest absolute Gasteiger partial charge is 0.267 e. The molecule has 0 aromatic carbocycles. The lowest BCUT2D eigenvalue weighted by Gasteiger charge is -2.29. The van der Waals surface area contributed by atoms with E-state index in [2.05, 4.69) is 33.2 Å². The predicted octanol–water partition coefficient (Wildman–Crippen LogP) is 2.48. The van der Waals surface area contributed by atoms with Gasteiger partial charge in [0.05, 0.1) is 12.0 Å². The van der Waals surface area contributed by atoms with E-state index in [1.807, 2.05) is 6.92 Å². The van der Waals surface area contributed by atoms with Crippen molar-refractivity contribution >= 4 is 15.9 Å². The van der Waals surface area contributed by atoms with Gasteiger partial charge in [0.15, 0.2) is 0 Å². The van der Waals surface area contributed by atoms with Crippen molar-refractivity contribution in [3.8, 4) is 0 Å². The second kappa shape index (κ2) is 6.66. The average molecular weight is 328 g/mol. The molecular formula is C14H22BrN3O. The van der Waals surface area contributed by atoms with Crippen molar-refractivity contribution in [3.63, 3.8) is 0 Å². The predicted molar refractivity (Wildman–Crippen MR) is 80.4 cm³/mol. The molecule has 1 aromatic rings. The van der Waals surface area contributed by atoms with E-state index in [4.69, 9.17) is 0 Å². The first-order chi connectivity index (χ1) is 9.09. The Morgan fingerprint density at radius 2 is 2.21 bits per heavy atom. The van der Waals surface area contributed by atoms with Crippen LogP contribution >= 0.6 is 15.9 Å². The fourth-order valence-corrected chi connectivity index (χ4v) is 3.03. The summed E-state index contributed by atoms with van der Waals surface area (Å²) in [5, 5.41) is 3.58. The molecule has 1 aromatic heterocycles. The molecule has 0 saturated heterocycles. The van der Waals surface area contributed by atoms with Crippen LogP contribution in [0.5, 0.6) is 0 Å². The Bertz CT molecular complexity index is 486. The van der Waals surface area contributed by atoms with Crippen LogP contribution in [0.15, 0.2) is 15.6 Å². The molecule has 5 heteroatoms. The van der Waals surface area contributed by atoms with Gasteiger partial charge in [-0.1, -0.05) is 19.8 Å². The van der Waals surface area contributed by atoms with Crippen molar-refractivity contribution in [2.45, 2.75) is 52.1 Å². The summed E-state index contributed by atoms with van der Waals surface area (Å²) < 4.78 is 2.23. The molecule has 1 aliphatic carbocycles. The third-order valence-electron chi connectivity index (χ3n) is 4.03. The first-order valence-corrected chi connectivity index (χ1v) is 7.84. The topological polar surface area (TPSA) is 46.9 Å².